The van der Waals surface area contributed by atoms with Crippen LogP contribution in [-0.4, -0.2) is 57.3 Å². The lowest BCUT2D eigenvalue weighted by Gasteiger charge is -2.22. The fourth-order valence-electron chi connectivity index (χ4n) is 3.71. The Labute approximate surface area is 202 Å². The number of phenols is 1. The number of fused-ring (bicyclic) bond motifs is 1. The molecule has 186 valence electrons. The molecular formula is C24H30N6O5. The normalized spacial score (nSPS) is 15.0. The predicted molar refractivity (Wildman–Crippen MR) is 129 cm³/mol. The molecule has 35 heavy (non-hydrogen) atoms. The highest BCUT2D eigenvalue weighted by molar-refractivity contribution is 6.35. The van der Waals surface area contributed by atoms with Gasteiger partial charge in [0.05, 0.1) is 6.10 Å². The standard InChI is InChI=1S/C24H30N6O5/c1-3-14(2)35-18-10-15(13-26-23(32)24(33)27-17-6-8-34-9-7-17)22(31)21(12-18)30-28-19-5-4-16(25)11-20(19)29-30/h4-5,10-12,14,17,31H,3,6-9,13,25H2,1-2H3,(H,26,32)(H,27,33). The number of aromatic nitrogens is 3. The molecule has 0 aliphatic carbocycles. The largest absolute Gasteiger partial charge is 0.505 e. The number of nitrogens with two attached hydrogens (primary N) is 1. The molecule has 0 saturated carbocycles. The number of nitrogens with zero attached hydrogens (tertiary/aromatic N) is 3. The van der Waals surface area contributed by atoms with E-state index in [0.29, 0.717) is 54.1 Å². The number of phenolic OH excluding ortho intramolecular Hbond substituents is 1. The minimum absolute atomic E-state index is 0.0791. The molecule has 1 aromatic heterocycles. The van der Waals surface area contributed by atoms with Crippen molar-refractivity contribution in [2.75, 3.05) is 18.9 Å². The van der Waals surface area contributed by atoms with Gasteiger partial charge < -0.3 is 30.9 Å². The Kier molecular flexibility index (Phi) is 7.35. The Hall–Kier alpha value is -3.86. The lowest BCUT2D eigenvalue weighted by molar-refractivity contribution is -0.140. The van der Waals surface area contributed by atoms with Crippen molar-refractivity contribution in [3.8, 4) is 17.2 Å². The summed E-state index contributed by atoms with van der Waals surface area (Å²) < 4.78 is 11.2. The van der Waals surface area contributed by atoms with Crippen molar-refractivity contribution >= 4 is 28.5 Å². The van der Waals surface area contributed by atoms with Crippen LogP contribution in [0.25, 0.3) is 16.7 Å². The first kappa shape index (κ1) is 24.3. The Bertz CT molecular complexity index is 1220. The Morgan fingerprint density at radius 3 is 2.69 bits per heavy atom. The molecule has 1 atom stereocenters. The SMILES string of the molecule is CCC(C)Oc1cc(CNC(=O)C(=O)NC2CCOCC2)c(O)c(-n2nc3ccc(N)cc3n2)c1. The quantitative estimate of drug-likeness (QED) is 0.294. The number of amides is 2. The molecular weight excluding hydrogens is 452 g/mol. The number of carbonyl (C=O) groups excluding carboxylic acids is 2. The maximum absolute atomic E-state index is 12.4. The smallest absolute Gasteiger partial charge is 0.309 e. The number of rotatable bonds is 7. The highest BCUT2D eigenvalue weighted by Gasteiger charge is 2.22. The first-order valence-corrected chi connectivity index (χ1v) is 11.7. The fourth-order valence-corrected chi connectivity index (χ4v) is 3.71. The van der Waals surface area contributed by atoms with Crippen molar-refractivity contribution < 1.29 is 24.2 Å². The second-order valence-corrected chi connectivity index (χ2v) is 8.57. The topological polar surface area (TPSA) is 154 Å². The molecule has 5 N–H and O–H groups in total. The third-order valence-electron chi connectivity index (χ3n) is 5.88. The summed E-state index contributed by atoms with van der Waals surface area (Å²) in [6.45, 7) is 4.93. The van der Waals surface area contributed by atoms with Gasteiger partial charge in [-0.25, -0.2) is 0 Å². The van der Waals surface area contributed by atoms with Crippen LogP contribution in [0.1, 0.15) is 38.7 Å². The Morgan fingerprint density at radius 2 is 1.94 bits per heavy atom. The number of nitrogens with one attached hydrogen (secondary N) is 2. The molecule has 2 aromatic carbocycles. The van der Waals surface area contributed by atoms with Crippen molar-refractivity contribution in [2.45, 2.75) is 51.8 Å². The highest BCUT2D eigenvalue weighted by atomic mass is 16.5. The molecule has 3 aromatic rings. The van der Waals surface area contributed by atoms with Crippen LogP contribution in [0, 0.1) is 0 Å². The lowest BCUT2D eigenvalue weighted by Crippen LogP contribution is -2.46. The summed E-state index contributed by atoms with van der Waals surface area (Å²) in [7, 11) is 0. The van der Waals surface area contributed by atoms with Gasteiger partial charge in [-0.2, -0.15) is 0 Å². The number of anilines is 1. The predicted octanol–water partition coefficient (Wildman–Crippen LogP) is 1.80. The summed E-state index contributed by atoms with van der Waals surface area (Å²) >= 11 is 0. The summed E-state index contributed by atoms with van der Waals surface area (Å²) in [5.74, 6) is -1.17. The van der Waals surface area contributed by atoms with Crippen LogP contribution >= 0.6 is 0 Å². The van der Waals surface area contributed by atoms with E-state index in [9.17, 15) is 14.7 Å². The molecule has 4 rings (SSSR count). The number of hydrogen-bond acceptors (Lipinski definition) is 8. The first-order chi connectivity index (χ1) is 16.8. The number of carbonyl (C=O) groups is 2. The van der Waals surface area contributed by atoms with Gasteiger partial charge in [0.1, 0.15) is 28.2 Å². The fraction of sp³-hybridized carbons (Fsp3) is 0.417. The third kappa shape index (κ3) is 5.80. The van der Waals surface area contributed by atoms with Gasteiger partial charge in [0.2, 0.25) is 0 Å². The molecule has 1 aliphatic rings. The van der Waals surface area contributed by atoms with E-state index in [2.05, 4.69) is 20.8 Å². The zero-order chi connectivity index (χ0) is 24.9. The van der Waals surface area contributed by atoms with E-state index in [-0.39, 0.29) is 30.1 Å². The second kappa shape index (κ2) is 10.6. The molecule has 0 bridgehead atoms. The third-order valence-corrected chi connectivity index (χ3v) is 5.88. The zero-order valence-electron chi connectivity index (χ0n) is 19.8. The summed E-state index contributed by atoms with van der Waals surface area (Å²) in [6.07, 6.45) is 2.02. The number of hydrogen-bond donors (Lipinski definition) is 4. The maximum atomic E-state index is 12.4. The van der Waals surface area contributed by atoms with Crippen molar-refractivity contribution in [2.24, 2.45) is 0 Å². The van der Waals surface area contributed by atoms with Gasteiger partial charge in [-0.15, -0.1) is 15.0 Å². The minimum atomic E-state index is -0.788. The first-order valence-electron chi connectivity index (χ1n) is 11.7. The molecule has 2 amide bonds. The van der Waals surface area contributed by atoms with Crippen LogP contribution in [-0.2, 0) is 20.9 Å². The van der Waals surface area contributed by atoms with Crippen molar-refractivity contribution in [3.63, 3.8) is 0 Å². The molecule has 11 nitrogen and oxygen atoms in total. The summed E-state index contributed by atoms with van der Waals surface area (Å²) in [5, 5.41) is 25.1. The van der Waals surface area contributed by atoms with Gasteiger partial charge in [-0.05, 0) is 50.5 Å². The van der Waals surface area contributed by atoms with Crippen LogP contribution < -0.4 is 21.1 Å². The Morgan fingerprint density at radius 1 is 1.20 bits per heavy atom. The van der Waals surface area contributed by atoms with Crippen molar-refractivity contribution in [1.29, 1.82) is 0 Å². The molecule has 1 unspecified atom stereocenters. The number of nitrogen functional groups attached to an aromatic ring is 1. The summed E-state index contributed by atoms with van der Waals surface area (Å²) in [6, 6.07) is 8.31. The number of benzene rings is 2. The summed E-state index contributed by atoms with van der Waals surface area (Å²) in [4.78, 5) is 26.0. The van der Waals surface area contributed by atoms with E-state index >= 15 is 0 Å². The van der Waals surface area contributed by atoms with Gasteiger partial charge in [-0.1, -0.05) is 6.92 Å². The van der Waals surface area contributed by atoms with E-state index in [1.807, 2.05) is 13.8 Å². The monoisotopic (exact) mass is 482 g/mol. The molecule has 1 aliphatic heterocycles. The van der Waals surface area contributed by atoms with Gasteiger partial charge in [-0.3, -0.25) is 9.59 Å². The van der Waals surface area contributed by atoms with Crippen molar-refractivity contribution in [3.05, 3.63) is 35.9 Å². The molecule has 0 spiro atoms. The minimum Gasteiger partial charge on any atom is -0.505 e. The molecule has 1 fully saturated rings. The van der Waals surface area contributed by atoms with E-state index in [1.165, 1.54) is 4.80 Å². The van der Waals surface area contributed by atoms with E-state index < -0.39 is 11.8 Å². The van der Waals surface area contributed by atoms with Crippen molar-refractivity contribution in [1.82, 2.24) is 25.6 Å². The van der Waals surface area contributed by atoms with Gasteiger partial charge >= 0.3 is 11.8 Å². The molecule has 1 saturated heterocycles. The summed E-state index contributed by atoms with van der Waals surface area (Å²) in [5.41, 5.74) is 8.19. The van der Waals surface area contributed by atoms with E-state index in [4.69, 9.17) is 15.2 Å². The molecule has 0 radical (unpaired) electrons. The number of aromatic hydroxyl groups is 1. The highest BCUT2D eigenvalue weighted by Crippen LogP contribution is 2.32. The van der Waals surface area contributed by atoms with Crippen LogP contribution in [0.3, 0.4) is 0 Å². The van der Waals surface area contributed by atoms with Gasteiger partial charge in [0, 0.05) is 43.1 Å². The van der Waals surface area contributed by atoms with E-state index in [0.717, 1.165) is 6.42 Å². The Balaban J connectivity index is 1.57. The van der Waals surface area contributed by atoms with Crippen LogP contribution in [0.15, 0.2) is 30.3 Å². The molecule has 11 heteroatoms. The average molecular weight is 483 g/mol. The van der Waals surface area contributed by atoms with Crippen LogP contribution in [0.5, 0.6) is 11.5 Å². The maximum Gasteiger partial charge on any atom is 0.309 e. The lowest BCUT2D eigenvalue weighted by atomic mass is 10.1. The van der Waals surface area contributed by atoms with Crippen LogP contribution in [0.4, 0.5) is 5.69 Å². The zero-order valence-corrected chi connectivity index (χ0v) is 19.8. The van der Waals surface area contributed by atoms with E-state index in [1.54, 1.807) is 30.3 Å². The van der Waals surface area contributed by atoms with Crippen LogP contribution in [0.2, 0.25) is 0 Å². The van der Waals surface area contributed by atoms with Gasteiger partial charge in [0.25, 0.3) is 0 Å². The average Bonchev–Trinajstić information content (AvgIpc) is 3.27. The second-order valence-electron chi connectivity index (χ2n) is 8.57. The molecule has 2 heterocycles. The van der Waals surface area contributed by atoms with Gasteiger partial charge in [0.15, 0.2) is 0 Å². The number of ether oxygens (including phenoxy) is 2.